The average molecular weight is 332 g/mol. The van der Waals surface area contributed by atoms with Gasteiger partial charge in [-0.3, -0.25) is 13.9 Å². The first-order valence-corrected chi connectivity index (χ1v) is 7.82. The van der Waals surface area contributed by atoms with E-state index in [0.717, 1.165) is 10.1 Å². The van der Waals surface area contributed by atoms with Gasteiger partial charge >= 0.3 is 5.69 Å². The van der Waals surface area contributed by atoms with Crippen molar-refractivity contribution in [2.45, 2.75) is 38.3 Å². The first-order valence-electron chi connectivity index (χ1n) is 7.82. The van der Waals surface area contributed by atoms with Crippen molar-refractivity contribution in [3.05, 3.63) is 68.5 Å². The molecule has 0 aliphatic carbocycles. The van der Waals surface area contributed by atoms with Gasteiger partial charge in [0.05, 0.1) is 19.3 Å². The van der Waals surface area contributed by atoms with Crippen LogP contribution in [0.15, 0.2) is 46.1 Å². The quantitative estimate of drug-likeness (QED) is 0.822. The fraction of sp³-hybridized carbons (Fsp3) is 0.412. The Hall–Kier alpha value is -2.22. The summed E-state index contributed by atoms with van der Waals surface area (Å²) in [6, 6.07) is 9.24. The number of aromatic nitrogens is 2. The minimum absolute atomic E-state index is 0.166. The molecule has 0 amide bonds. The van der Waals surface area contributed by atoms with E-state index in [9.17, 15) is 19.8 Å². The molecule has 2 heterocycles. The van der Waals surface area contributed by atoms with Crippen LogP contribution in [-0.2, 0) is 11.3 Å². The van der Waals surface area contributed by atoms with Gasteiger partial charge in [0.25, 0.3) is 5.56 Å². The van der Waals surface area contributed by atoms with Crippen LogP contribution in [0.3, 0.4) is 0 Å². The number of hydrogen-bond acceptors (Lipinski definition) is 5. The summed E-state index contributed by atoms with van der Waals surface area (Å²) in [6.45, 7) is 1.47. The van der Waals surface area contributed by atoms with Crippen molar-refractivity contribution in [3.63, 3.8) is 0 Å². The summed E-state index contributed by atoms with van der Waals surface area (Å²) >= 11 is 0. The van der Waals surface area contributed by atoms with Gasteiger partial charge in [0.2, 0.25) is 0 Å². The standard InChI is InChI=1S/C17H20N2O5/c1-11-8-18(15-7-13(21)14(10-20)24-15)17(23)19(16(11)22)9-12-5-3-2-4-6-12/h2-6,8,13-15,20-21H,7,9-10H2,1H3/t13?,14-,15-/m1/s1. The maximum absolute atomic E-state index is 12.7. The van der Waals surface area contributed by atoms with Gasteiger partial charge in [0.15, 0.2) is 0 Å². The van der Waals surface area contributed by atoms with E-state index in [4.69, 9.17) is 4.74 Å². The normalized spacial score (nSPS) is 23.5. The molecule has 24 heavy (non-hydrogen) atoms. The number of aliphatic hydroxyl groups is 2. The Bertz CT molecular complexity index is 827. The predicted molar refractivity (Wildman–Crippen MR) is 86.9 cm³/mol. The Kier molecular flexibility index (Phi) is 4.66. The van der Waals surface area contributed by atoms with Crippen molar-refractivity contribution in [2.75, 3.05) is 6.61 Å². The van der Waals surface area contributed by atoms with E-state index in [2.05, 4.69) is 0 Å². The van der Waals surface area contributed by atoms with Crippen molar-refractivity contribution >= 4 is 0 Å². The van der Waals surface area contributed by atoms with Crippen LogP contribution in [0.2, 0.25) is 0 Å². The largest absolute Gasteiger partial charge is 0.394 e. The van der Waals surface area contributed by atoms with Gasteiger partial charge in [-0.05, 0) is 12.5 Å². The number of ether oxygens (including phenoxy) is 1. The van der Waals surface area contributed by atoms with Gasteiger partial charge in [-0.15, -0.1) is 0 Å². The molecule has 1 saturated heterocycles. The topological polar surface area (TPSA) is 93.7 Å². The molecule has 3 rings (SSSR count). The summed E-state index contributed by atoms with van der Waals surface area (Å²) in [7, 11) is 0. The number of benzene rings is 1. The maximum Gasteiger partial charge on any atom is 0.333 e. The van der Waals surface area contributed by atoms with Gasteiger partial charge in [0.1, 0.15) is 12.3 Å². The Balaban J connectivity index is 2.01. The van der Waals surface area contributed by atoms with Crippen LogP contribution in [0, 0.1) is 6.92 Å². The molecule has 1 aromatic carbocycles. The third-order valence-electron chi connectivity index (χ3n) is 4.24. The fourth-order valence-electron chi connectivity index (χ4n) is 2.92. The zero-order valence-electron chi connectivity index (χ0n) is 13.3. The van der Waals surface area contributed by atoms with Gasteiger partial charge in [-0.1, -0.05) is 30.3 Å². The zero-order valence-corrected chi connectivity index (χ0v) is 13.3. The molecule has 128 valence electrons. The molecule has 7 nitrogen and oxygen atoms in total. The maximum atomic E-state index is 12.7. The van der Waals surface area contributed by atoms with E-state index in [0.29, 0.717) is 5.56 Å². The third kappa shape index (κ3) is 3.06. The molecule has 2 N–H and O–H groups in total. The molecular formula is C17H20N2O5. The second kappa shape index (κ2) is 6.72. The van der Waals surface area contributed by atoms with Crippen LogP contribution in [-0.4, -0.2) is 38.2 Å². The molecule has 3 atom stereocenters. The molecule has 1 fully saturated rings. The van der Waals surface area contributed by atoms with Crippen molar-refractivity contribution in [3.8, 4) is 0 Å². The van der Waals surface area contributed by atoms with Gasteiger partial charge < -0.3 is 14.9 Å². The van der Waals surface area contributed by atoms with Crippen molar-refractivity contribution in [1.82, 2.24) is 9.13 Å². The molecule has 0 bridgehead atoms. The number of rotatable bonds is 4. The molecule has 0 spiro atoms. The first-order chi connectivity index (χ1) is 11.5. The first kappa shape index (κ1) is 16.6. The van der Waals surface area contributed by atoms with Crippen LogP contribution in [0.4, 0.5) is 0 Å². The van der Waals surface area contributed by atoms with Gasteiger partial charge in [-0.2, -0.15) is 0 Å². The minimum Gasteiger partial charge on any atom is -0.394 e. The highest BCUT2D eigenvalue weighted by atomic mass is 16.5. The van der Waals surface area contributed by atoms with E-state index < -0.39 is 24.1 Å². The summed E-state index contributed by atoms with van der Waals surface area (Å²) < 4.78 is 8.01. The number of aryl methyl sites for hydroxylation is 1. The molecule has 1 aromatic heterocycles. The molecule has 2 aromatic rings. The van der Waals surface area contributed by atoms with E-state index in [1.54, 1.807) is 6.92 Å². The van der Waals surface area contributed by atoms with E-state index >= 15 is 0 Å². The Morgan fingerprint density at radius 1 is 1.25 bits per heavy atom. The fourth-order valence-corrected chi connectivity index (χ4v) is 2.92. The van der Waals surface area contributed by atoms with Gasteiger partial charge in [-0.25, -0.2) is 4.79 Å². The number of hydrogen-bond donors (Lipinski definition) is 2. The summed E-state index contributed by atoms with van der Waals surface area (Å²) in [5, 5.41) is 19.1. The monoisotopic (exact) mass is 332 g/mol. The van der Waals surface area contributed by atoms with E-state index in [-0.39, 0.29) is 25.1 Å². The molecule has 7 heteroatoms. The third-order valence-corrected chi connectivity index (χ3v) is 4.24. The van der Waals surface area contributed by atoms with Crippen molar-refractivity contribution in [1.29, 1.82) is 0 Å². The summed E-state index contributed by atoms with van der Waals surface area (Å²) in [4.78, 5) is 25.1. The summed E-state index contributed by atoms with van der Waals surface area (Å²) in [5.74, 6) is 0. The zero-order chi connectivity index (χ0) is 17.3. The number of aliphatic hydroxyl groups excluding tert-OH is 2. The van der Waals surface area contributed by atoms with E-state index in [1.807, 2.05) is 30.3 Å². The molecule has 1 aliphatic rings. The second-order valence-corrected chi connectivity index (χ2v) is 5.99. The highest BCUT2D eigenvalue weighted by Crippen LogP contribution is 2.27. The van der Waals surface area contributed by atoms with Crippen LogP contribution in [0.25, 0.3) is 0 Å². The highest BCUT2D eigenvalue weighted by molar-refractivity contribution is 5.16. The average Bonchev–Trinajstić information content (AvgIpc) is 2.96. The lowest BCUT2D eigenvalue weighted by molar-refractivity contribution is -0.0463. The van der Waals surface area contributed by atoms with Crippen LogP contribution in [0.5, 0.6) is 0 Å². The SMILES string of the molecule is Cc1cn([C@H]2CC(O)[C@@H](CO)O2)c(=O)n(Cc2ccccc2)c1=O. The highest BCUT2D eigenvalue weighted by Gasteiger charge is 2.35. The molecule has 0 saturated carbocycles. The van der Waals surface area contributed by atoms with Crippen LogP contribution >= 0.6 is 0 Å². The Morgan fingerprint density at radius 3 is 2.58 bits per heavy atom. The second-order valence-electron chi connectivity index (χ2n) is 5.99. The molecule has 0 radical (unpaired) electrons. The van der Waals surface area contributed by atoms with Crippen molar-refractivity contribution < 1.29 is 14.9 Å². The number of nitrogens with zero attached hydrogens (tertiary/aromatic N) is 2. The summed E-state index contributed by atoms with van der Waals surface area (Å²) in [5.41, 5.74) is 0.410. The summed E-state index contributed by atoms with van der Waals surface area (Å²) in [6.07, 6.45) is -0.637. The van der Waals surface area contributed by atoms with E-state index in [1.165, 1.54) is 10.8 Å². The Morgan fingerprint density at radius 2 is 1.96 bits per heavy atom. The van der Waals surface area contributed by atoms with Crippen LogP contribution < -0.4 is 11.2 Å². The smallest absolute Gasteiger partial charge is 0.333 e. The minimum atomic E-state index is -0.846. The van der Waals surface area contributed by atoms with Gasteiger partial charge in [0, 0.05) is 18.2 Å². The molecular weight excluding hydrogens is 312 g/mol. The van der Waals surface area contributed by atoms with Crippen molar-refractivity contribution in [2.24, 2.45) is 0 Å². The lowest BCUT2D eigenvalue weighted by atomic mass is 10.2. The van der Waals surface area contributed by atoms with Crippen LogP contribution in [0.1, 0.15) is 23.8 Å². The molecule has 1 unspecified atom stereocenters. The Labute approximate surface area is 138 Å². The predicted octanol–water partition coefficient (Wildman–Crippen LogP) is 0.00742. The lowest BCUT2D eigenvalue weighted by Gasteiger charge is -2.17. The lowest BCUT2D eigenvalue weighted by Crippen LogP contribution is -2.42. The molecule has 1 aliphatic heterocycles.